The topological polar surface area (TPSA) is 40.5 Å². The van der Waals surface area contributed by atoms with E-state index in [9.17, 15) is 5.11 Å². The highest BCUT2D eigenvalue weighted by atomic mass is 16.3. The normalized spacial score (nSPS) is 10.4. The van der Waals surface area contributed by atoms with Crippen LogP contribution in [0.25, 0.3) is 21.5 Å². The van der Waals surface area contributed by atoms with Crippen molar-refractivity contribution in [3.63, 3.8) is 0 Å². The van der Waals surface area contributed by atoms with Crippen LogP contribution in [0.15, 0.2) is 48.5 Å². The summed E-state index contributed by atoms with van der Waals surface area (Å²) < 4.78 is 0. The molecule has 0 saturated heterocycles. The van der Waals surface area contributed by atoms with Crippen LogP contribution in [0.2, 0.25) is 0 Å². The molecular weight excluding hydrogens is 248 g/mol. The van der Waals surface area contributed by atoms with Gasteiger partial charge in [0.25, 0.3) is 0 Å². The Labute approximate surface area is 117 Å². The average Bonchev–Trinajstić information content (AvgIpc) is 2.47. The van der Waals surface area contributed by atoms with E-state index in [0.717, 1.165) is 27.1 Å². The van der Waals surface area contributed by atoms with Crippen LogP contribution in [0.5, 0.6) is 5.75 Å². The molecule has 2 nitrogen and oxygen atoms in total. The van der Waals surface area contributed by atoms with E-state index >= 15 is 0 Å². The van der Waals surface area contributed by atoms with Crippen LogP contribution in [0.4, 0.5) is 0 Å². The van der Waals surface area contributed by atoms with Gasteiger partial charge in [0, 0.05) is 12.0 Å². The molecule has 3 aromatic carbocycles. The van der Waals surface area contributed by atoms with Gasteiger partial charge in [0.2, 0.25) is 0 Å². The van der Waals surface area contributed by atoms with Crippen molar-refractivity contribution < 1.29 is 10.2 Å². The van der Waals surface area contributed by atoms with Crippen molar-refractivity contribution in [1.82, 2.24) is 0 Å². The number of hydrogen-bond donors (Lipinski definition) is 2. The molecule has 0 spiro atoms. The summed E-state index contributed by atoms with van der Waals surface area (Å²) in [4.78, 5) is 0. The number of aliphatic hydroxyl groups excluding tert-OH is 1. The minimum absolute atomic E-state index is 0.0920. The van der Waals surface area contributed by atoms with Crippen LogP contribution in [0, 0.1) is 11.8 Å². The molecule has 0 amide bonds. The molecule has 0 heterocycles. The van der Waals surface area contributed by atoms with E-state index in [2.05, 4.69) is 17.9 Å². The standard InChI is InChI=1S/C18H14O2/c19-10-2-1-3-13-4-8-17-14(11-13)5-6-15-12-16(20)7-9-18(15)17/h4-9,11-12,19-20H,2,10H2. The van der Waals surface area contributed by atoms with Gasteiger partial charge in [0.1, 0.15) is 5.75 Å². The van der Waals surface area contributed by atoms with Gasteiger partial charge in [0.15, 0.2) is 0 Å². The van der Waals surface area contributed by atoms with Gasteiger partial charge < -0.3 is 10.2 Å². The number of phenolic OH excluding ortho intramolecular Hbond substituents is 1. The smallest absolute Gasteiger partial charge is 0.116 e. The number of rotatable bonds is 1. The molecule has 3 aromatic rings. The van der Waals surface area contributed by atoms with Crippen molar-refractivity contribution in [1.29, 1.82) is 0 Å². The molecule has 0 aromatic heterocycles. The molecule has 0 radical (unpaired) electrons. The van der Waals surface area contributed by atoms with Crippen LogP contribution < -0.4 is 0 Å². The Kier molecular flexibility index (Phi) is 3.28. The summed E-state index contributed by atoms with van der Waals surface area (Å²) in [5, 5.41) is 22.7. The minimum Gasteiger partial charge on any atom is -0.508 e. The average molecular weight is 262 g/mol. The van der Waals surface area contributed by atoms with Crippen LogP contribution in [-0.2, 0) is 0 Å². The van der Waals surface area contributed by atoms with E-state index in [-0.39, 0.29) is 12.4 Å². The van der Waals surface area contributed by atoms with E-state index in [1.807, 2.05) is 30.3 Å². The predicted molar refractivity (Wildman–Crippen MR) is 81.7 cm³/mol. The number of hydrogen-bond acceptors (Lipinski definition) is 2. The predicted octanol–water partition coefficient (Wildman–Crippen LogP) is 3.43. The van der Waals surface area contributed by atoms with E-state index < -0.39 is 0 Å². The van der Waals surface area contributed by atoms with Gasteiger partial charge in [-0.25, -0.2) is 0 Å². The van der Waals surface area contributed by atoms with Gasteiger partial charge in [-0.3, -0.25) is 0 Å². The van der Waals surface area contributed by atoms with Crippen molar-refractivity contribution in [3.05, 3.63) is 54.1 Å². The van der Waals surface area contributed by atoms with Gasteiger partial charge >= 0.3 is 0 Å². The quantitative estimate of drug-likeness (QED) is 0.521. The summed E-state index contributed by atoms with van der Waals surface area (Å²) in [6, 6.07) is 15.5. The van der Waals surface area contributed by atoms with Gasteiger partial charge in [-0.15, -0.1) is 0 Å². The van der Waals surface area contributed by atoms with Crippen molar-refractivity contribution in [2.24, 2.45) is 0 Å². The van der Waals surface area contributed by atoms with Crippen molar-refractivity contribution in [3.8, 4) is 17.6 Å². The largest absolute Gasteiger partial charge is 0.508 e. The zero-order valence-electron chi connectivity index (χ0n) is 10.9. The van der Waals surface area contributed by atoms with Crippen LogP contribution in [0.3, 0.4) is 0 Å². The summed E-state index contributed by atoms with van der Waals surface area (Å²) >= 11 is 0. The third-order valence-electron chi connectivity index (χ3n) is 3.29. The van der Waals surface area contributed by atoms with E-state index in [0.29, 0.717) is 6.42 Å². The van der Waals surface area contributed by atoms with Gasteiger partial charge in [-0.1, -0.05) is 36.1 Å². The van der Waals surface area contributed by atoms with E-state index in [1.165, 1.54) is 0 Å². The second kappa shape index (κ2) is 5.24. The molecular formula is C18H14O2. The lowest BCUT2D eigenvalue weighted by atomic mass is 10.00. The van der Waals surface area contributed by atoms with Crippen LogP contribution >= 0.6 is 0 Å². The summed E-state index contributed by atoms with van der Waals surface area (Å²) in [7, 11) is 0. The molecule has 0 bridgehead atoms. The number of benzene rings is 3. The molecule has 98 valence electrons. The molecule has 0 saturated carbocycles. The molecule has 20 heavy (non-hydrogen) atoms. The molecule has 0 atom stereocenters. The first kappa shape index (κ1) is 12.5. The van der Waals surface area contributed by atoms with Gasteiger partial charge in [-0.05, 0) is 45.8 Å². The number of aliphatic hydroxyl groups is 1. The molecule has 0 aliphatic heterocycles. The molecule has 2 N–H and O–H groups in total. The summed E-state index contributed by atoms with van der Waals surface area (Å²) in [6.07, 6.45) is 0.495. The van der Waals surface area contributed by atoms with E-state index in [4.69, 9.17) is 5.11 Å². The Bertz CT molecular complexity index is 838. The summed E-state index contributed by atoms with van der Waals surface area (Å²) in [5.74, 6) is 6.25. The summed E-state index contributed by atoms with van der Waals surface area (Å²) in [5.41, 5.74) is 0.948. The third kappa shape index (κ3) is 2.32. The molecule has 0 unspecified atom stereocenters. The second-order valence-electron chi connectivity index (χ2n) is 4.68. The first-order valence-corrected chi connectivity index (χ1v) is 6.53. The molecule has 0 aliphatic rings. The lowest BCUT2D eigenvalue weighted by Gasteiger charge is -2.05. The molecule has 3 rings (SSSR count). The summed E-state index contributed by atoms with van der Waals surface area (Å²) in [6.45, 7) is 0.0920. The zero-order valence-corrected chi connectivity index (χ0v) is 10.9. The fourth-order valence-electron chi connectivity index (χ4n) is 2.36. The van der Waals surface area contributed by atoms with Crippen molar-refractivity contribution >= 4 is 21.5 Å². The highest BCUT2D eigenvalue weighted by Gasteiger charge is 2.02. The minimum atomic E-state index is 0.0920. The number of phenols is 1. The Morgan fingerprint density at radius 2 is 1.55 bits per heavy atom. The Morgan fingerprint density at radius 1 is 0.850 bits per heavy atom. The first-order valence-electron chi connectivity index (χ1n) is 6.53. The maximum atomic E-state index is 9.53. The lowest BCUT2D eigenvalue weighted by molar-refractivity contribution is 0.305. The van der Waals surface area contributed by atoms with Gasteiger partial charge in [-0.2, -0.15) is 0 Å². The van der Waals surface area contributed by atoms with Crippen LogP contribution in [-0.4, -0.2) is 16.8 Å². The monoisotopic (exact) mass is 262 g/mol. The molecule has 2 heteroatoms. The molecule has 0 aliphatic carbocycles. The maximum absolute atomic E-state index is 9.53. The van der Waals surface area contributed by atoms with Crippen LogP contribution in [0.1, 0.15) is 12.0 Å². The Morgan fingerprint density at radius 3 is 2.30 bits per heavy atom. The number of aromatic hydroxyl groups is 1. The van der Waals surface area contributed by atoms with Crippen molar-refractivity contribution in [2.45, 2.75) is 6.42 Å². The fourth-order valence-corrected chi connectivity index (χ4v) is 2.36. The zero-order chi connectivity index (χ0) is 13.9. The third-order valence-corrected chi connectivity index (χ3v) is 3.29. The van der Waals surface area contributed by atoms with Gasteiger partial charge in [0.05, 0.1) is 6.61 Å². The maximum Gasteiger partial charge on any atom is 0.116 e. The van der Waals surface area contributed by atoms with E-state index in [1.54, 1.807) is 12.1 Å². The Hall–Kier alpha value is -2.50. The molecule has 0 fully saturated rings. The van der Waals surface area contributed by atoms with Crippen molar-refractivity contribution in [2.75, 3.05) is 6.61 Å². The highest BCUT2D eigenvalue weighted by molar-refractivity contribution is 6.08. The fraction of sp³-hybridized carbons (Fsp3) is 0.111. The highest BCUT2D eigenvalue weighted by Crippen LogP contribution is 2.28. The number of fused-ring (bicyclic) bond motifs is 3. The SMILES string of the molecule is OCCC#Cc1ccc2c(ccc3cc(O)ccc32)c1. The second-order valence-corrected chi connectivity index (χ2v) is 4.68. The lowest BCUT2D eigenvalue weighted by Crippen LogP contribution is -1.81. The first-order chi connectivity index (χ1) is 9.78. The Balaban J connectivity index is 2.15.